The zero-order valence-electron chi connectivity index (χ0n) is 10.8. The highest BCUT2D eigenvalue weighted by Gasteiger charge is 2.43. The Bertz CT molecular complexity index is 529. The summed E-state index contributed by atoms with van der Waals surface area (Å²) in [5.74, 6) is 0.0445. The summed E-state index contributed by atoms with van der Waals surface area (Å²) in [6.45, 7) is 2.69. The van der Waals surface area contributed by atoms with Gasteiger partial charge in [0.1, 0.15) is 0 Å². The van der Waals surface area contributed by atoms with Crippen molar-refractivity contribution in [3.63, 3.8) is 0 Å². The molecule has 0 radical (unpaired) electrons. The van der Waals surface area contributed by atoms with Crippen LogP contribution in [-0.2, 0) is 4.79 Å². The summed E-state index contributed by atoms with van der Waals surface area (Å²) in [6, 6.07) is 7.74. The predicted molar refractivity (Wildman–Crippen MR) is 71.9 cm³/mol. The number of aryl methyl sites for hydroxylation is 1. The van der Waals surface area contributed by atoms with Gasteiger partial charge in [0.2, 0.25) is 5.91 Å². The first-order valence-electron chi connectivity index (χ1n) is 6.57. The highest BCUT2D eigenvalue weighted by atomic mass is 16.2. The molecule has 2 aliphatic heterocycles. The number of nitrogens with one attached hydrogen (secondary N) is 2. The van der Waals surface area contributed by atoms with Gasteiger partial charge in [-0.05, 0) is 31.0 Å². The molecule has 0 aliphatic carbocycles. The Morgan fingerprint density at radius 2 is 2.32 bits per heavy atom. The van der Waals surface area contributed by atoms with E-state index in [1.165, 1.54) is 0 Å². The Labute approximate surface area is 112 Å². The van der Waals surface area contributed by atoms with Crippen molar-refractivity contribution in [3.05, 3.63) is 29.8 Å². The molecule has 1 aromatic rings. The molecule has 0 spiro atoms. The topological polar surface area (TPSA) is 61.4 Å². The van der Waals surface area contributed by atoms with Gasteiger partial charge in [-0.1, -0.05) is 12.1 Å². The Morgan fingerprint density at radius 3 is 3.11 bits per heavy atom. The van der Waals surface area contributed by atoms with Crippen LogP contribution in [0.1, 0.15) is 18.4 Å². The second-order valence-electron chi connectivity index (χ2n) is 5.23. The van der Waals surface area contributed by atoms with Gasteiger partial charge in [-0.3, -0.25) is 4.79 Å². The van der Waals surface area contributed by atoms with Gasteiger partial charge in [-0.25, -0.2) is 4.79 Å². The van der Waals surface area contributed by atoms with Crippen LogP contribution < -0.4 is 10.6 Å². The molecular formula is C14H17N3O2. The molecule has 2 unspecified atom stereocenters. The second-order valence-corrected chi connectivity index (χ2v) is 5.23. The number of likely N-dealkylation sites (tertiary alicyclic amines) is 1. The number of fused-ring (bicyclic) bond motifs is 1. The third kappa shape index (κ3) is 2.28. The van der Waals surface area contributed by atoms with Crippen LogP contribution in [0.2, 0.25) is 0 Å². The fourth-order valence-corrected chi connectivity index (χ4v) is 2.90. The first kappa shape index (κ1) is 12.0. The van der Waals surface area contributed by atoms with E-state index in [0.717, 1.165) is 17.7 Å². The monoisotopic (exact) mass is 259 g/mol. The Hall–Kier alpha value is -2.04. The zero-order chi connectivity index (χ0) is 13.4. The largest absolute Gasteiger partial charge is 0.351 e. The first-order chi connectivity index (χ1) is 9.13. The molecule has 3 amide bonds. The molecule has 5 nitrogen and oxygen atoms in total. The molecule has 1 aromatic carbocycles. The smallest absolute Gasteiger partial charge is 0.322 e. The number of nitrogens with zero attached hydrogens (tertiary/aromatic N) is 1. The molecule has 5 heteroatoms. The molecule has 2 aliphatic rings. The normalized spacial score (nSPS) is 25.1. The number of anilines is 1. The zero-order valence-corrected chi connectivity index (χ0v) is 10.8. The van der Waals surface area contributed by atoms with E-state index >= 15 is 0 Å². The predicted octanol–water partition coefficient (Wildman–Crippen LogP) is 1.49. The molecule has 19 heavy (non-hydrogen) atoms. The van der Waals surface area contributed by atoms with Crippen molar-refractivity contribution in [2.24, 2.45) is 0 Å². The Kier molecular flexibility index (Phi) is 2.89. The van der Waals surface area contributed by atoms with Crippen molar-refractivity contribution in [2.75, 3.05) is 11.9 Å². The number of urea groups is 1. The van der Waals surface area contributed by atoms with Crippen LogP contribution in [0.4, 0.5) is 10.5 Å². The molecule has 0 saturated carbocycles. The standard InChI is InChI=1S/C14H17N3O2/c1-9-3-2-4-10(7-9)15-14(19)17-6-5-11-12(17)8-13(18)16-11/h2-4,7,11-12H,5-6,8H2,1H3,(H,15,19)(H,16,18). The molecule has 100 valence electrons. The molecule has 2 fully saturated rings. The summed E-state index contributed by atoms with van der Waals surface area (Å²) in [6.07, 6.45) is 1.27. The molecular weight excluding hydrogens is 242 g/mol. The summed E-state index contributed by atoms with van der Waals surface area (Å²) >= 11 is 0. The van der Waals surface area contributed by atoms with Crippen LogP contribution in [0.25, 0.3) is 0 Å². The van der Waals surface area contributed by atoms with Gasteiger partial charge in [0.15, 0.2) is 0 Å². The maximum Gasteiger partial charge on any atom is 0.322 e. The number of carbonyl (C=O) groups excluding carboxylic acids is 2. The lowest BCUT2D eigenvalue weighted by Crippen LogP contribution is -2.41. The summed E-state index contributed by atoms with van der Waals surface area (Å²) in [7, 11) is 0. The third-order valence-corrected chi connectivity index (χ3v) is 3.82. The maximum absolute atomic E-state index is 12.3. The number of benzene rings is 1. The van der Waals surface area contributed by atoms with Crippen molar-refractivity contribution in [1.82, 2.24) is 10.2 Å². The lowest BCUT2D eigenvalue weighted by molar-refractivity contribution is -0.119. The van der Waals surface area contributed by atoms with E-state index in [4.69, 9.17) is 0 Å². The van der Waals surface area contributed by atoms with Crippen molar-refractivity contribution >= 4 is 17.6 Å². The van der Waals surface area contributed by atoms with Gasteiger partial charge in [0, 0.05) is 18.7 Å². The van der Waals surface area contributed by atoms with E-state index in [2.05, 4.69) is 10.6 Å². The van der Waals surface area contributed by atoms with Gasteiger partial charge in [0.25, 0.3) is 0 Å². The average molecular weight is 259 g/mol. The van der Waals surface area contributed by atoms with Crippen LogP contribution in [-0.4, -0.2) is 35.5 Å². The lowest BCUT2D eigenvalue weighted by Gasteiger charge is -2.23. The van der Waals surface area contributed by atoms with E-state index in [1.807, 2.05) is 31.2 Å². The minimum absolute atomic E-state index is 0.0114. The van der Waals surface area contributed by atoms with Crippen molar-refractivity contribution in [2.45, 2.75) is 31.8 Å². The first-order valence-corrected chi connectivity index (χ1v) is 6.57. The highest BCUT2D eigenvalue weighted by Crippen LogP contribution is 2.26. The molecule has 2 N–H and O–H groups in total. The van der Waals surface area contributed by atoms with Crippen LogP contribution >= 0.6 is 0 Å². The molecule has 2 heterocycles. The van der Waals surface area contributed by atoms with Gasteiger partial charge in [-0.15, -0.1) is 0 Å². The third-order valence-electron chi connectivity index (χ3n) is 3.82. The summed E-state index contributed by atoms with van der Waals surface area (Å²) < 4.78 is 0. The number of amides is 3. The van der Waals surface area contributed by atoms with Gasteiger partial charge in [0.05, 0.1) is 12.1 Å². The number of hydrogen-bond acceptors (Lipinski definition) is 2. The van der Waals surface area contributed by atoms with Gasteiger partial charge >= 0.3 is 6.03 Å². The van der Waals surface area contributed by atoms with Crippen LogP contribution in [0, 0.1) is 6.92 Å². The van der Waals surface area contributed by atoms with Crippen LogP contribution in [0.15, 0.2) is 24.3 Å². The average Bonchev–Trinajstić information content (AvgIpc) is 2.87. The van der Waals surface area contributed by atoms with E-state index in [9.17, 15) is 9.59 Å². The highest BCUT2D eigenvalue weighted by molar-refractivity contribution is 5.91. The van der Waals surface area contributed by atoms with Crippen molar-refractivity contribution < 1.29 is 9.59 Å². The van der Waals surface area contributed by atoms with Gasteiger partial charge < -0.3 is 15.5 Å². The van der Waals surface area contributed by atoms with E-state index in [1.54, 1.807) is 4.90 Å². The number of hydrogen-bond donors (Lipinski definition) is 2. The van der Waals surface area contributed by atoms with Crippen LogP contribution in [0.5, 0.6) is 0 Å². The molecule has 0 aromatic heterocycles. The summed E-state index contributed by atoms with van der Waals surface area (Å²) in [4.78, 5) is 25.4. The van der Waals surface area contributed by atoms with E-state index in [-0.39, 0.29) is 24.0 Å². The SMILES string of the molecule is Cc1cccc(NC(=O)N2CCC3NC(=O)CC32)c1. The quantitative estimate of drug-likeness (QED) is 0.802. The minimum atomic E-state index is -0.116. The fourth-order valence-electron chi connectivity index (χ4n) is 2.90. The van der Waals surface area contributed by atoms with E-state index in [0.29, 0.717) is 13.0 Å². The number of carbonyl (C=O) groups is 2. The Balaban J connectivity index is 1.69. The molecule has 0 bridgehead atoms. The molecule has 2 atom stereocenters. The summed E-state index contributed by atoms with van der Waals surface area (Å²) in [5, 5.41) is 5.81. The lowest BCUT2D eigenvalue weighted by atomic mass is 10.1. The maximum atomic E-state index is 12.3. The van der Waals surface area contributed by atoms with Gasteiger partial charge in [-0.2, -0.15) is 0 Å². The molecule has 3 rings (SSSR count). The number of rotatable bonds is 1. The van der Waals surface area contributed by atoms with Crippen molar-refractivity contribution in [1.29, 1.82) is 0 Å². The van der Waals surface area contributed by atoms with Crippen LogP contribution in [0.3, 0.4) is 0 Å². The fraction of sp³-hybridized carbons (Fsp3) is 0.429. The van der Waals surface area contributed by atoms with Crippen molar-refractivity contribution in [3.8, 4) is 0 Å². The Morgan fingerprint density at radius 1 is 1.47 bits per heavy atom. The second kappa shape index (κ2) is 4.57. The molecule has 2 saturated heterocycles. The summed E-state index contributed by atoms with van der Waals surface area (Å²) in [5.41, 5.74) is 1.90. The minimum Gasteiger partial charge on any atom is -0.351 e. The van der Waals surface area contributed by atoms with E-state index < -0.39 is 0 Å².